The SMILES string of the molecule is CC(C)c1ccc(C(N)c2ccccc2)c(C(C)C)c1. The molecule has 1 nitrogen and oxygen atoms in total. The Kier molecular flexibility index (Phi) is 4.61. The third-order valence-corrected chi connectivity index (χ3v) is 3.89. The van der Waals surface area contributed by atoms with E-state index in [1.165, 1.54) is 22.3 Å². The highest BCUT2D eigenvalue weighted by molar-refractivity contribution is 5.41. The lowest BCUT2D eigenvalue weighted by atomic mass is 9.87. The number of nitrogens with two attached hydrogens (primary N) is 1. The summed E-state index contributed by atoms with van der Waals surface area (Å²) in [5.74, 6) is 1.04. The van der Waals surface area contributed by atoms with Crippen molar-refractivity contribution in [3.63, 3.8) is 0 Å². The second-order valence-electron chi connectivity index (χ2n) is 6.09. The first-order valence-electron chi connectivity index (χ1n) is 7.45. The van der Waals surface area contributed by atoms with Crippen molar-refractivity contribution in [2.24, 2.45) is 5.73 Å². The molecule has 0 heterocycles. The quantitative estimate of drug-likeness (QED) is 0.830. The molecule has 20 heavy (non-hydrogen) atoms. The van der Waals surface area contributed by atoms with E-state index < -0.39 is 0 Å². The van der Waals surface area contributed by atoms with E-state index in [1.807, 2.05) is 18.2 Å². The Hall–Kier alpha value is -1.60. The largest absolute Gasteiger partial charge is 0.320 e. The Balaban J connectivity index is 2.45. The minimum absolute atomic E-state index is 0.0465. The molecule has 0 aliphatic carbocycles. The first kappa shape index (κ1) is 14.8. The lowest BCUT2D eigenvalue weighted by Gasteiger charge is -2.21. The van der Waals surface area contributed by atoms with Crippen LogP contribution in [0.15, 0.2) is 48.5 Å². The summed E-state index contributed by atoms with van der Waals surface area (Å²) in [7, 11) is 0. The molecule has 2 aromatic rings. The van der Waals surface area contributed by atoms with Crippen LogP contribution in [0, 0.1) is 0 Å². The molecule has 1 atom stereocenters. The molecule has 0 amide bonds. The summed E-state index contributed by atoms with van der Waals surface area (Å²) in [6.45, 7) is 8.94. The predicted octanol–water partition coefficient (Wildman–Crippen LogP) is 4.98. The van der Waals surface area contributed by atoms with Gasteiger partial charge >= 0.3 is 0 Å². The van der Waals surface area contributed by atoms with Gasteiger partial charge in [0.25, 0.3) is 0 Å². The van der Waals surface area contributed by atoms with Gasteiger partial charge in [-0.25, -0.2) is 0 Å². The van der Waals surface area contributed by atoms with Gasteiger partial charge in [0.1, 0.15) is 0 Å². The second-order valence-corrected chi connectivity index (χ2v) is 6.09. The Morgan fingerprint density at radius 2 is 1.35 bits per heavy atom. The maximum Gasteiger partial charge on any atom is 0.0554 e. The highest BCUT2D eigenvalue weighted by Crippen LogP contribution is 2.30. The average Bonchev–Trinajstić information content (AvgIpc) is 2.46. The van der Waals surface area contributed by atoms with Crippen LogP contribution in [0.25, 0.3) is 0 Å². The van der Waals surface area contributed by atoms with Crippen molar-refractivity contribution >= 4 is 0 Å². The standard InChI is InChI=1S/C19H25N/c1-13(2)16-10-11-17(18(12-16)14(3)4)19(20)15-8-6-5-7-9-15/h5-14,19H,20H2,1-4H3. The second kappa shape index (κ2) is 6.23. The first-order valence-corrected chi connectivity index (χ1v) is 7.45. The molecule has 1 heteroatoms. The van der Waals surface area contributed by atoms with Crippen LogP contribution in [0.2, 0.25) is 0 Å². The Labute approximate surface area is 122 Å². The minimum Gasteiger partial charge on any atom is -0.320 e. The number of hydrogen-bond acceptors (Lipinski definition) is 1. The molecule has 0 fully saturated rings. The summed E-state index contributed by atoms with van der Waals surface area (Å²) < 4.78 is 0. The zero-order chi connectivity index (χ0) is 14.7. The van der Waals surface area contributed by atoms with Gasteiger partial charge in [0.2, 0.25) is 0 Å². The van der Waals surface area contributed by atoms with Crippen LogP contribution in [0.1, 0.15) is 67.8 Å². The van der Waals surface area contributed by atoms with E-state index in [4.69, 9.17) is 5.73 Å². The highest BCUT2D eigenvalue weighted by atomic mass is 14.6. The zero-order valence-corrected chi connectivity index (χ0v) is 12.9. The van der Waals surface area contributed by atoms with Crippen molar-refractivity contribution < 1.29 is 0 Å². The topological polar surface area (TPSA) is 26.0 Å². The zero-order valence-electron chi connectivity index (χ0n) is 12.9. The van der Waals surface area contributed by atoms with Crippen molar-refractivity contribution in [1.29, 1.82) is 0 Å². The summed E-state index contributed by atoms with van der Waals surface area (Å²) in [5, 5.41) is 0. The van der Waals surface area contributed by atoms with E-state index in [0.29, 0.717) is 11.8 Å². The van der Waals surface area contributed by atoms with Crippen LogP contribution in [-0.4, -0.2) is 0 Å². The molecule has 0 spiro atoms. The van der Waals surface area contributed by atoms with Gasteiger partial charge in [0.05, 0.1) is 6.04 Å². The summed E-state index contributed by atoms with van der Waals surface area (Å²) in [6, 6.07) is 17.0. The molecule has 0 saturated carbocycles. The van der Waals surface area contributed by atoms with Crippen LogP contribution in [0.3, 0.4) is 0 Å². The average molecular weight is 267 g/mol. The molecular weight excluding hydrogens is 242 g/mol. The van der Waals surface area contributed by atoms with Crippen LogP contribution in [0.4, 0.5) is 0 Å². The molecule has 2 aromatic carbocycles. The maximum absolute atomic E-state index is 6.48. The van der Waals surface area contributed by atoms with Crippen LogP contribution >= 0.6 is 0 Å². The lowest BCUT2D eigenvalue weighted by Crippen LogP contribution is -2.15. The van der Waals surface area contributed by atoms with E-state index in [2.05, 4.69) is 58.0 Å². The van der Waals surface area contributed by atoms with E-state index in [0.717, 1.165) is 0 Å². The fourth-order valence-electron chi connectivity index (χ4n) is 2.58. The molecule has 2 N–H and O–H groups in total. The molecule has 0 aromatic heterocycles. The summed E-state index contributed by atoms with van der Waals surface area (Å²) in [4.78, 5) is 0. The van der Waals surface area contributed by atoms with Gasteiger partial charge in [0.15, 0.2) is 0 Å². The van der Waals surface area contributed by atoms with E-state index in [9.17, 15) is 0 Å². The van der Waals surface area contributed by atoms with Crippen LogP contribution in [0.5, 0.6) is 0 Å². The summed E-state index contributed by atoms with van der Waals surface area (Å²) in [6.07, 6.45) is 0. The van der Waals surface area contributed by atoms with E-state index in [-0.39, 0.29) is 6.04 Å². The Morgan fingerprint density at radius 1 is 0.700 bits per heavy atom. The third kappa shape index (κ3) is 3.10. The van der Waals surface area contributed by atoms with Crippen molar-refractivity contribution in [1.82, 2.24) is 0 Å². The molecule has 0 bridgehead atoms. The van der Waals surface area contributed by atoms with Crippen LogP contribution in [-0.2, 0) is 0 Å². The van der Waals surface area contributed by atoms with Crippen molar-refractivity contribution in [2.45, 2.75) is 45.6 Å². The number of hydrogen-bond donors (Lipinski definition) is 1. The molecule has 0 aliphatic heterocycles. The van der Waals surface area contributed by atoms with Gasteiger partial charge < -0.3 is 5.73 Å². The Bertz CT molecular complexity index is 555. The fourth-order valence-corrected chi connectivity index (χ4v) is 2.58. The fraction of sp³-hybridized carbons (Fsp3) is 0.368. The van der Waals surface area contributed by atoms with Crippen LogP contribution < -0.4 is 5.73 Å². The van der Waals surface area contributed by atoms with Crippen molar-refractivity contribution in [2.75, 3.05) is 0 Å². The van der Waals surface area contributed by atoms with Gasteiger partial charge in [-0.1, -0.05) is 76.2 Å². The summed E-state index contributed by atoms with van der Waals surface area (Å²) in [5.41, 5.74) is 11.7. The van der Waals surface area contributed by atoms with Crippen molar-refractivity contribution in [3.8, 4) is 0 Å². The lowest BCUT2D eigenvalue weighted by molar-refractivity contribution is 0.781. The molecule has 0 saturated heterocycles. The number of benzene rings is 2. The first-order chi connectivity index (χ1) is 9.50. The molecule has 0 radical (unpaired) electrons. The maximum atomic E-state index is 6.48. The van der Waals surface area contributed by atoms with Gasteiger partial charge in [-0.05, 0) is 34.1 Å². The van der Waals surface area contributed by atoms with Gasteiger partial charge in [-0.15, -0.1) is 0 Å². The van der Waals surface area contributed by atoms with E-state index >= 15 is 0 Å². The summed E-state index contributed by atoms with van der Waals surface area (Å²) >= 11 is 0. The van der Waals surface area contributed by atoms with Gasteiger partial charge in [0, 0.05) is 0 Å². The predicted molar refractivity (Wildman–Crippen MR) is 87.1 cm³/mol. The molecule has 0 aliphatic rings. The molecule has 2 rings (SSSR count). The third-order valence-electron chi connectivity index (χ3n) is 3.89. The Morgan fingerprint density at radius 3 is 1.90 bits per heavy atom. The molecule has 106 valence electrons. The monoisotopic (exact) mass is 267 g/mol. The minimum atomic E-state index is -0.0465. The normalized spacial score (nSPS) is 12.9. The van der Waals surface area contributed by atoms with Crippen molar-refractivity contribution in [3.05, 3.63) is 70.8 Å². The molecular formula is C19H25N. The highest BCUT2D eigenvalue weighted by Gasteiger charge is 2.16. The smallest absolute Gasteiger partial charge is 0.0554 e. The number of rotatable bonds is 4. The molecule has 1 unspecified atom stereocenters. The van der Waals surface area contributed by atoms with Gasteiger partial charge in [-0.2, -0.15) is 0 Å². The van der Waals surface area contributed by atoms with E-state index in [1.54, 1.807) is 0 Å². The van der Waals surface area contributed by atoms with Gasteiger partial charge in [-0.3, -0.25) is 0 Å².